The second kappa shape index (κ2) is 8.84. The summed E-state index contributed by atoms with van der Waals surface area (Å²) in [5.74, 6) is -1.06. The average Bonchev–Trinajstić information content (AvgIpc) is 2.45. The summed E-state index contributed by atoms with van der Waals surface area (Å²) in [5.41, 5.74) is -0.698. The van der Waals surface area contributed by atoms with Crippen molar-refractivity contribution >= 4 is 11.9 Å². The van der Waals surface area contributed by atoms with E-state index in [4.69, 9.17) is 9.84 Å². The van der Waals surface area contributed by atoms with Crippen molar-refractivity contribution in [2.45, 2.75) is 67.7 Å². The number of aliphatic carboxylic acids is 1. The van der Waals surface area contributed by atoms with Crippen LogP contribution >= 0.6 is 0 Å². The van der Waals surface area contributed by atoms with Gasteiger partial charge in [0.15, 0.2) is 0 Å². The van der Waals surface area contributed by atoms with Gasteiger partial charge in [0.05, 0.1) is 12.0 Å². The summed E-state index contributed by atoms with van der Waals surface area (Å²) in [4.78, 5) is 25.2. The van der Waals surface area contributed by atoms with Gasteiger partial charge >= 0.3 is 11.9 Å². The fraction of sp³-hybridized carbons (Fsp3) is 0.895. The van der Waals surface area contributed by atoms with Gasteiger partial charge in [-0.15, -0.1) is 0 Å². The number of hydrogen-bond acceptors (Lipinski definition) is 4. The third kappa shape index (κ3) is 6.42. The number of esters is 1. The molecule has 0 heterocycles. The lowest BCUT2D eigenvalue weighted by atomic mass is 9.58. The van der Waals surface area contributed by atoms with Gasteiger partial charge in [-0.25, -0.2) is 0 Å². The molecule has 1 atom stereocenters. The minimum absolute atomic E-state index is 0.0559. The Morgan fingerprint density at radius 2 is 1.58 bits per heavy atom. The Hall–Kier alpha value is -1.10. The van der Waals surface area contributed by atoms with E-state index in [-0.39, 0.29) is 30.0 Å². The van der Waals surface area contributed by atoms with Crippen molar-refractivity contribution in [1.82, 2.24) is 4.90 Å². The molecule has 0 rings (SSSR count). The van der Waals surface area contributed by atoms with Gasteiger partial charge in [0.2, 0.25) is 0 Å². The number of carbonyl (C=O) groups is 2. The minimum atomic E-state index is -0.884. The van der Waals surface area contributed by atoms with E-state index in [1.54, 1.807) is 11.9 Å². The molecular weight excluding hydrogens is 306 g/mol. The van der Waals surface area contributed by atoms with E-state index in [1.807, 2.05) is 6.92 Å². The minimum Gasteiger partial charge on any atom is -0.480 e. The summed E-state index contributed by atoms with van der Waals surface area (Å²) in [5, 5.41) is 8.77. The van der Waals surface area contributed by atoms with Gasteiger partial charge in [0, 0.05) is 6.54 Å². The molecule has 5 nitrogen and oxygen atoms in total. The Morgan fingerprint density at radius 3 is 2.00 bits per heavy atom. The Labute approximate surface area is 147 Å². The van der Waals surface area contributed by atoms with Crippen LogP contribution in [0, 0.1) is 16.2 Å². The summed E-state index contributed by atoms with van der Waals surface area (Å²) < 4.78 is 5.56. The topological polar surface area (TPSA) is 66.8 Å². The highest BCUT2D eigenvalue weighted by Crippen LogP contribution is 2.50. The fourth-order valence-electron chi connectivity index (χ4n) is 2.82. The van der Waals surface area contributed by atoms with Gasteiger partial charge in [-0.1, -0.05) is 48.0 Å². The predicted octanol–water partition coefficient (Wildman–Crippen LogP) is 3.81. The molecule has 142 valence electrons. The second-order valence-electron chi connectivity index (χ2n) is 8.53. The lowest BCUT2D eigenvalue weighted by Gasteiger charge is -2.45. The van der Waals surface area contributed by atoms with E-state index in [9.17, 15) is 9.59 Å². The van der Waals surface area contributed by atoms with E-state index in [2.05, 4.69) is 41.5 Å². The van der Waals surface area contributed by atoms with Crippen LogP contribution in [0.5, 0.6) is 0 Å². The maximum atomic E-state index is 12.9. The lowest BCUT2D eigenvalue weighted by Crippen LogP contribution is -2.46. The number of carbonyl (C=O) groups excluding carboxylic acids is 1. The maximum Gasteiger partial charge on any atom is 0.317 e. The van der Waals surface area contributed by atoms with Crippen molar-refractivity contribution in [3.63, 3.8) is 0 Å². The van der Waals surface area contributed by atoms with Crippen LogP contribution in [0.4, 0.5) is 0 Å². The van der Waals surface area contributed by atoms with E-state index in [0.717, 1.165) is 19.3 Å². The van der Waals surface area contributed by atoms with Crippen LogP contribution < -0.4 is 0 Å². The van der Waals surface area contributed by atoms with E-state index < -0.39 is 11.4 Å². The Bertz CT molecular complexity index is 431. The fourth-order valence-corrected chi connectivity index (χ4v) is 2.82. The van der Waals surface area contributed by atoms with Gasteiger partial charge in [-0.2, -0.15) is 0 Å². The molecule has 0 aliphatic heterocycles. The van der Waals surface area contributed by atoms with Gasteiger partial charge in [0.25, 0.3) is 0 Å². The molecule has 0 aromatic heterocycles. The first kappa shape index (κ1) is 22.9. The molecule has 0 saturated heterocycles. The monoisotopic (exact) mass is 343 g/mol. The highest BCUT2D eigenvalue weighted by molar-refractivity contribution is 5.77. The summed E-state index contributed by atoms with van der Waals surface area (Å²) >= 11 is 0. The van der Waals surface area contributed by atoms with Crippen molar-refractivity contribution in [1.29, 1.82) is 0 Å². The zero-order valence-corrected chi connectivity index (χ0v) is 16.9. The first-order valence-electron chi connectivity index (χ1n) is 8.89. The Balaban J connectivity index is 5.04. The van der Waals surface area contributed by atoms with Crippen LogP contribution in [0.3, 0.4) is 0 Å². The SMILES string of the molecule is CCC(C)(C)CC(C)(C(=O)OCCN(C)CC(=O)O)C(C)(C)CC. The highest BCUT2D eigenvalue weighted by atomic mass is 16.5. The summed E-state index contributed by atoms with van der Waals surface area (Å²) in [7, 11) is 1.71. The quantitative estimate of drug-likeness (QED) is 0.578. The molecule has 0 aromatic rings. The average molecular weight is 344 g/mol. The Morgan fingerprint density at radius 1 is 1.04 bits per heavy atom. The number of nitrogens with zero attached hydrogens (tertiary/aromatic N) is 1. The Kier molecular flexibility index (Phi) is 8.43. The van der Waals surface area contributed by atoms with Crippen LogP contribution in [0.15, 0.2) is 0 Å². The van der Waals surface area contributed by atoms with Crippen LogP contribution in [0.1, 0.15) is 67.7 Å². The largest absolute Gasteiger partial charge is 0.480 e. The van der Waals surface area contributed by atoms with Gasteiger partial charge in [0.1, 0.15) is 6.61 Å². The molecule has 5 heteroatoms. The molecule has 0 radical (unpaired) electrons. The number of likely N-dealkylation sites (N-methyl/N-ethyl adjacent to an activating group) is 1. The molecule has 1 unspecified atom stereocenters. The van der Waals surface area contributed by atoms with Gasteiger partial charge < -0.3 is 9.84 Å². The van der Waals surface area contributed by atoms with Gasteiger partial charge in [-0.05, 0) is 37.6 Å². The van der Waals surface area contributed by atoms with E-state index in [0.29, 0.717) is 6.54 Å². The number of carboxylic acids is 1. The first-order chi connectivity index (χ1) is 10.8. The molecular formula is C19H37NO4. The first-order valence-corrected chi connectivity index (χ1v) is 8.89. The molecule has 0 aliphatic rings. The number of carboxylic acid groups (broad SMARTS) is 1. The maximum absolute atomic E-state index is 12.9. The molecule has 24 heavy (non-hydrogen) atoms. The highest BCUT2D eigenvalue weighted by Gasteiger charge is 2.49. The standard InChI is InChI=1S/C19H37NO4/c1-9-17(3,4)14-19(7,18(5,6)10-2)16(23)24-12-11-20(8)13-15(21)22/h9-14H2,1-8H3,(H,21,22). The lowest BCUT2D eigenvalue weighted by molar-refractivity contribution is -0.166. The third-order valence-electron chi connectivity index (χ3n) is 5.73. The van der Waals surface area contributed by atoms with Crippen LogP contribution in [0.2, 0.25) is 0 Å². The molecule has 0 spiro atoms. The second-order valence-corrected chi connectivity index (χ2v) is 8.53. The van der Waals surface area contributed by atoms with Crippen molar-refractivity contribution in [2.24, 2.45) is 16.2 Å². The molecule has 0 aromatic carbocycles. The molecule has 0 bridgehead atoms. The zero-order chi connectivity index (χ0) is 19.2. The predicted molar refractivity (Wildman–Crippen MR) is 97.0 cm³/mol. The number of rotatable bonds is 11. The smallest absolute Gasteiger partial charge is 0.317 e. The van der Waals surface area contributed by atoms with E-state index >= 15 is 0 Å². The summed E-state index contributed by atoms with van der Waals surface area (Å²) in [6.45, 7) is 15.4. The molecule has 0 amide bonds. The van der Waals surface area contributed by atoms with Crippen molar-refractivity contribution < 1.29 is 19.4 Å². The molecule has 0 fully saturated rings. The molecule has 0 aliphatic carbocycles. The molecule has 1 N–H and O–H groups in total. The number of ether oxygens (including phenoxy) is 1. The summed E-state index contributed by atoms with van der Waals surface area (Å²) in [6.07, 6.45) is 2.65. The zero-order valence-electron chi connectivity index (χ0n) is 16.9. The summed E-state index contributed by atoms with van der Waals surface area (Å²) in [6, 6.07) is 0. The third-order valence-corrected chi connectivity index (χ3v) is 5.73. The normalized spacial score (nSPS) is 15.2. The van der Waals surface area contributed by atoms with Crippen molar-refractivity contribution in [3.8, 4) is 0 Å². The number of hydrogen-bond donors (Lipinski definition) is 1. The van der Waals surface area contributed by atoms with Gasteiger partial charge in [-0.3, -0.25) is 14.5 Å². The van der Waals surface area contributed by atoms with Crippen molar-refractivity contribution in [2.75, 3.05) is 26.7 Å². The van der Waals surface area contributed by atoms with Crippen LogP contribution in [0.25, 0.3) is 0 Å². The van der Waals surface area contributed by atoms with Crippen LogP contribution in [-0.4, -0.2) is 48.7 Å². The molecule has 0 saturated carbocycles. The van der Waals surface area contributed by atoms with E-state index in [1.165, 1.54) is 0 Å². The van der Waals surface area contributed by atoms with Crippen molar-refractivity contribution in [3.05, 3.63) is 0 Å². The van der Waals surface area contributed by atoms with Crippen LogP contribution in [-0.2, 0) is 14.3 Å².